The van der Waals surface area contributed by atoms with Crippen molar-refractivity contribution in [2.75, 3.05) is 27.2 Å². The number of likely N-dealkylation sites (N-methyl/N-ethyl adjacent to an activating group) is 2. The summed E-state index contributed by atoms with van der Waals surface area (Å²) >= 11 is 0. The monoisotopic (exact) mass is 1120 g/mol. The Morgan fingerprint density at radius 1 is 0.524 bits per heavy atom. The van der Waals surface area contributed by atoms with E-state index >= 15 is 0 Å². The van der Waals surface area contributed by atoms with Gasteiger partial charge in [-0.2, -0.15) is 0 Å². The van der Waals surface area contributed by atoms with Gasteiger partial charge >= 0.3 is 0 Å². The number of hydrogen-bond acceptors (Lipinski definition) is 12. The molecule has 4 heterocycles. The van der Waals surface area contributed by atoms with Crippen molar-refractivity contribution in [2.45, 2.75) is 167 Å². The lowest BCUT2D eigenvalue weighted by Gasteiger charge is -2.36. The number of likely N-dealkylation sites (tertiary alicyclic amines) is 2. The smallest absolute Gasteiger partial charge is 0.253 e. The molecule has 20 heteroatoms. The number of rotatable bonds is 17. The molecule has 2 saturated heterocycles. The van der Waals surface area contributed by atoms with Crippen molar-refractivity contribution in [3.05, 3.63) is 119 Å². The zero-order valence-corrected chi connectivity index (χ0v) is 49.0. The van der Waals surface area contributed by atoms with E-state index in [1.165, 1.54) is 22.2 Å². The molecule has 4 aliphatic rings. The summed E-state index contributed by atoms with van der Waals surface area (Å²) in [4.78, 5) is 127. The Hall–Kier alpha value is -7.58. The fraction of sp³-hybridized carbons (Fsp3) is 0.516. The topological polar surface area (TPSA) is 265 Å². The summed E-state index contributed by atoms with van der Waals surface area (Å²) in [5, 5.41) is 24.3. The fourth-order valence-electron chi connectivity index (χ4n) is 11.7. The maximum absolute atomic E-state index is 14.9. The number of aromatic nitrogens is 2. The van der Waals surface area contributed by atoms with Gasteiger partial charge in [-0.25, -0.2) is 0 Å². The van der Waals surface area contributed by atoms with Gasteiger partial charge < -0.3 is 52.3 Å². The number of nitrogens with one attached hydrogen (secondary N) is 8. The number of aryl methyl sites for hydroxylation is 2. The summed E-state index contributed by atoms with van der Waals surface area (Å²) in [7, 11) is 3.30. The molecule has 0 saturated carbocycles. The van der Waals surface area contributed by atoms with Gasteiger partial charge in [-0.3, -0.25) is 48.3 Å². The molecule has 0 radical (unpaired) electrons. The first-order chi connectivity index (χ1) is 39.0. The lowest BCUT2D eigenvalue weighted by Crippen LogP contribution is -2.59. The summed E-state index contributed by atoms with van der Waals surface area (Å²) < 4.78 is 0. The zero-order valence-electron chi connectivity index (χ0n) is 49.0. The highest BCUT2D eigenvalue weighted by Gasteiger charge is 2.48. The molecule has 2 aliphatic heterocycles. The largest absolute Gasteiger partial charge is 0.347 e. The van der Waals surface area contributed by atoms with Crippen LogP contribution in [0.2, 0.25) is 0 Å². The number of benzene rings is 2. The Morgan fingerprint density at radius 3 is 1.27 bits per heavy atom. The van der Waals surface area contributed by atoms with E-state index in [0.29, 0.717) is 12.8 Å². The molecule has 82 heavy (non-hydrogen) atoms. The van der Waals surface area contributed by atoms with Gasteiger partial charge in [-0.05, 0) is 137 Å². The van der Waals surface area contributed by atoms with Gasteiger partial charge in [0.05, 0.1) is 35.3 Å². The maximum Gasteiger partial charge on any atom is 0.253 e. The Morgan fingerprint density at radius 2 is 0.902 bits per heavy atom. The van der Waals surface area contributed by atoms with Crippen LogP contribution in [0.5, 0.6) is 0 Å². The summed E-state index contributed by atoms with van der Waals surface area (Å²) in [6.45, 7) is 14.3. The average molecular weight is 1120 g/mol. The predicted octanol–water partition coefficient (Wildman–Crippen LogP) is 4.21. The molecule has 2 aromatic carbocycles. The fourth-order valence-corrected chi connectivity index (χ4v) is 11.7. The third kappa shape index (κ3) is 13.7. The van der Waals surface area contributed by atoms with E-state index in [4.69, 9.17) is 0 Å². The van der Waals surface area contributed by atoms with Crippen molar-refractivity contribution in [1.82, 2.24) is 62.3 Å². The molecule has 0 spiro atoms. The van der Waals surface area contributed by atoms with Gasteiger partial charge in [-0.15, -0.1) is 0 Å². The molecule has 2 unspecified atom stereocenters. The molecule has 0 bridgehead atoms. The number of nitrogens with zero attached hydrogens (tertiary/aromatic N) is 4. The quantitative estimate of drug-likeness (QED) is 0.0740. The van der Waals surface area contributed by atoms with E-state index in [0.717, 1.165) is 47.9 Å². The van der Waals surface area contributed by atoms with Crippen LogP contribution in [0.25, 0.3) is 11.4 Å². The van der Waals surface area contributed by atoms with Crippen LogP contribution >= 0.6 is 0 Å². The number of hydrogen-bond donors (Lipinski definition) is 8. The number of carbonyl (C=O) groups is 8. The van der Waals surface area contributed by atoms with Crippen LogP contribution in [0.3, 0.4) is 0 Å². The lowest BCUT2D eigenvalue weighted by molar-refractivity contribution is -0.144. The Labute approximate surface area is 481 Å². The van der Waals surface area contributed by atoms with Gasteiger partial charge in [-0.1, -0.05) is 90.1 Å². The third-order valence-electron chi connectivity index (χ3n) is 16.6. The van der Waals surface area contributed by atoms with E-state index in [-0.39, 0.29) is 84.2 Å². The molecule has 10 atom stereocenters. The zero-order chi connectivity index (χ0) is 59.2. The van der Waals surface area contributed by atoms with Crippen LogP contribution in [-0.4, -0.2) is 143 Å². The molecule has 8 N–H and O–H groups in total. The van der Waals surface area contributed by atoms with Gasteiger partial charge in [0, 0.05) is 37.6 Å². The van der Waals surface area contributed by atoms with Crippen LogP contribution < -0.4 is 42.5 Å². The van der Waals surface area contributed by atoms with E-state index in [9.17, 15) is 38.4 Å². The first kappa shape index (κ1) is 60.5. The van der Waals surface area contributed by atoms with Crippen molar-refractivity contribution >= 4 is 47.3 Å². The second kappa shape index (κ2) is 25.7. The predicted molar refractivity (Wildman–Crippen MR) is 311 cm³/mol. The number of carbonyl (C=O) groups excluding carboxylic acids is 8. The SMILES string of the molecule is CN[C@@H](C)C(=O)N[C@H](C(=O)N1C[C@@H](NC(=O)c2cccnc2-c2ncccc2C(=O)N[C@H]2C[C@@H](C(=O)NC3CCCc4ccccc43)N(C(=O)[C@@H](NC(=O)[C@H](C)NC)C(C)(C)C)C2)CC1C(=O)N[C@@H]1CCCc2ccccc21)C(C)(C)C. The Bertz CT molecular complexity index is 2840. The van der Waals surface area contributed by atoms with Crippen molar-refractivity contribution in [2.24, 2.45) is 10.8 Å². The molecule has 2 aliphatic carbocycles. The third-order valence-corrected chi connectivity index (χ3v) is 16.6. The van der Waals surface area contributed by atoms with E-state index in [2.05, 4.69) is 64.6 Å². The Kier molecular flexibility index (Phi) is 19.0. The van der Waals surface area contributed by atoms with Crippen molar-refractivity contribution in [3.63, 3.8) is 0 Å². The van der Waals surface area contributed by atoms with Crippen LogP contribution in [0.15, 0.2) is 85.2 Å². The van der Waals surface area contributed by atoms with Crippen LogP contribution in [0.4, 0.5) is 0 Å². The van der Waals surface area contributed by atoms with Gasteiger partial charge in [0.2, 0.25) is 35.4 Å². The Balaban J connectivity index is 1.04. The lowest BCUT2D eigenvalue weighted by atomic mass is 9.85. The highest BCUT2D eigenvalue weighted by Crippen LogP contribution is 2.34. The number of pyridine rings is 2. The summed E-state index contributed by atoms with van der Waals surface area (Å²) in [5.74, 6) is -3.63. The minimum atomic E-state index is -1.02. The molecule has 4 aromatic rings. The highest BCUT2D eigenvalue weighted by molar-refractivity contribution is 6.05. The van der Waals surface area contributed by atoms with E-state index in [1.54, 1.807) is 52.2 Å². The van der Waals surface area contributed by atoms with Gasteiger partial charge in [0.1, 0.15) is 35.6 Å². The second-order valence-electron chi connectivity index (χ2n) is 24.6. The van der Waals surface area contributed by atoms with Crippen LogP contribution in [0.1, 0.15) is 149 Å². The van der Waals surface area contributed by atoms with Crippen LogP contribution in [-0.2, 0) is 41.6 Å². The maximum atomic E-state index is 14.9. The number of fused-ring (bicyclic) bond motifs is 2. The minimum absolute atomic E-state index is 0.0490. The average Bonchev–Trinajstić information content (AvgIpc) is 4.31. The van der Waals surface area contributed by atoms with Crippen molar-refractivity contribution in [3.8, 4) is 11.4 Å². The van der Waals surface area contributed by atoms with Gasteiger partial charge in [0.15, 0.2) is 0 Å². The minimum Gasteiger partial charge on any atom is -0.347 e. The second-order valence-corrected chi connectivity index (χ2v) is 24.6. The van der Waals surface area contributed by atoms with Crippen LogP contribution in [0, 0.1) is 10.8 Å². The summed E-state index contributed by atoms with van der Waals surface area (Å²) in [6.07, 6.45) is 8.04. The summed E-state index contributed by atoms with van der Waals surface area (Å²) in [6, 6.07) is 15.0. The van der Waals surface area contributed by atoms with Crippen molar-refractivity contribution in [1.29, 1.82) is 0 Å². The number of amides is 8. The normalized spacial score (nSPS) is 22.0. The van der Waals surface area contributed by atoms with Crippen molar-refractivity contribution < 1.29 is 38.4 Å². The molecule has 2 fully saturated rings. The molecule has 20 nitrogen and oxygen atoms in total. The summed E-state index contributed by atoms with van der Waals surface area (Å²) in [5.41, 5.74) is 3.13. The standard InChI is InChI=1S/C62H82N12O8/c1-35(63-9)53(75)71-51(61(3,4)5)59(81)73-33-39(31-47(73)57(79)69-45-27-15-21-37-19-11-13-23-41(37)45)67-55(77)43-25-17-29-65-49(43)50-44(26-18-30-66-50)56(78)68-40-32-48(58(80)70-46-28-16-22-38-20-12-14-24-42(38)46)74(34-40)60(82)52(62(6,7)8)72-54(76)36(2)64-10/h11-14,17-20,23-26,29-30,35-36,39-40,45-48,51-52,63-64H,15-16,21-22,27-28,31-34H2,1-10H3,(H,67,77)(H,68,78)(H,69,79)(H,70,80)(H,71,75)(H,72,76)/t35-,36-,39-,40-,45+,46?,47?,48-,51+,52+/m0/s1. The molecular weight excluding hydrogens is 1040 g/mol. The molecular formula is C62H82N12O8. The molecule has 438 valence electrons. The van der Waals surface area contributed by atoms with Gasteiger partial charge in [0.25, 0.3) is 11.8 Å². The molecule has 8 amide bonds. The molecule has 2 aromatic heterocycles. The van der Waals surface area contributed by atoms with E-state index < -0.39 is 82.8 Å². The first-order valence-corrected chi connectivity index (χ1v) is 28.8. The first-order valence-electron chi connectivity index (χ1n) is 28.8. The van der Waals surface area contributed by atoms with E-state index in [1.807, 2.05) is 77.9 Å². The molecule has 8 rings (SSSR count). The highest BCUT2D eigenvalue weighted by atomic mass is 16.2.